The summed E-state index contributed by atoms with van der Waals surface area (Å²) >= 11 is 2.12. The molecule has 1 aliphatic rings. The zero-order chi connectivity index (χ0) is 18.1. The third-order valence-corrected chi connectivity index (χ3v) is 4.20. The maximum Gasteiger partial charge on any atom is 0.311 e. The molecule has 0 atom stereocenters. The van der Waals surface area contributed by atoms with Crippen LogP contribution in [0.15, 0.2) is 48.0 Å². The number of nitrogens with zero attached hydrogens (tertiary/aromatic N) is 2. The molecule has 0 bridgehead atoms. The van der Waals surface area contributed by atoms with Crippen LogP contribution >= 0.6 is 22.6 Å². The van der Waals surface area contributed by atoms with Gasteiger partial charge >= 0.3 is 5.69 Å². The maximum absolute atomic E-state index is 12.5. The smallest absolute Gasteiger partial charge is 0.311 e. The molecule has 1 heterocycles. The van der Waals surface area contributed by atoms with E-state index in [9.17, 15) is 24.8 Å². The van der Waals surface area contributed by atoms with Gasteiger partial charge in [0.05, 0.1) is 10.6 Å². The lowest BCUT2D eigenvalue weighted by Crippen LogP contribution is -2.35. The highest BCUT2D eigenvalue weighted by Gasteiger charge is 2.34. The Hall–Kier alpha value is -2.95. The number of benzene rings is 2. The van der Waals surface area contributed by atoms with Crippen LogP contribution in [0.4, 0.5) is 11.4 Å². The summed E-state index contributed by atoms with van der Waals surface area (Å²) in [7, 11) is 0. The second-order valence-electron chi connectivity index (χ2n) is 5.12. The number of anilines is 1. The van der Waals surface area contributed by atoms with Gasteiger partial charge in [0.1, 0.15) is 5.57 Å². The van der Waals surface area contributed by atoms with Crippen LogP contribution in [0.25, 0.3) is 6.08 Å². The molecule has 0 unspecified atom stereocenters. The van der Waals surface area contributed by atoms with Gasteiger partial charge in [0.25, 0.3) is 11.8 Å². The number of hydrogen-bond donors (Lipinski definition) is 2. The fourth-order valence-corrected chi connectivity index (χ4v) is 2.63. The molecule has 0 saturated carbocycles. The van der Waals surface area contributed by atoms with Crippen LogP contribution in [0.1, 0.15) is 5.56 Å². The minimum atomic E-state index is -0.744. The summed E-state index contributed by atoms with van der Waals surface area (Å²) in [5.74, 6) is -1.67. The number of hydrogen-bond acceptors (Lipinski definition) is 5. The summed E-state index contributed by atoms with van der Waals surface area (Å²) in [6.07, 6.45) is 1.25. The molecule has 0 spiro atoms. The molecular weight excluding hydrogens is 441 g/mol. The fraction of sp³-hybridized carbons (Fsp3) is 0. The zero-order valence-corrected chi connectivity index (χ0v) is 14.6. The molecule has 0 radical (unpaired) electrons. The lowest BCUT2D eigenvalue weighted by molar-refractivity contribution is -0.385. The molecule has 0 aliphatic carbocycles. The third kappa shape index (κ3) is 3.31. The minimum absolute atomic E-state index is 0.154. The molecule has 25 heavy (non-hydrogen) atoms. The molecule has 1 fully saturated rings. The molecular formula is C16H10IN3O5. The van der Waals surface area contributed by atoms with Crippen LogP contribution in [-0.2, 0) is 9.59 Å². The van der Waals surface area contributed by atoms with E-state index in [-0.39, 0.29) is 11.1 Å². The van der Waals surface area contributed by atoms with Crippen LogP contribution in [0.3, 0.4) is 0 Å². The second-order valence-corrected chi connectivity index (χ2v) is 6.37. The number of amides is 2. The van der Waals surface area contributed by atoms with Gasteiger partial charge in [-0.15, -0.1) is 0 Å². The SMILES string of the molecule is O=C1NN(c2ccc(I)cc2)C(=O)C1=Cc1ccc(O)c([N+](=O)[O-])c1. The first-order valence-corrected chi connectivity index (χ1v) is 8.05. The average molecular weight is 451 g/mol. The van der Waals surface area contributed by atoms with Gasteiger partial charge in [0, 0.05) is 9.64 Å². The van der Waals surface area contributed by atoms with Gasteiger partial charge in [0.2, 0.25) is 0 Å². The molecule has 0 aromatic heterocycles. The topological polar surface area (TPSA) is 113 Å². The number of nitrogens with one attached hydrogen (secondary N) is 1. The number of phenols is 1. The van der Waals surface area contributed by atoms with E-state index >= 15 is 0 Å². The Kier molecular flexibility index (Phi) is 4.40. The van der Waals surface area contributed by atoms with E-state index < -0.39 is 28.2 Å². The number of carbonyl (C=O) groups is 2. The van der Waals surface area contributed by atoms with E-state index in [2.05, 4.69) is 28.0 Å². The summed E-state index contributed by atoms with van der Waals surface area (Å²) in [5, 5.41) is 21.5. The van der Waals surface area contributed by atoms with E-state index in [4.69, 9.17) is 0 Å². The van der Waals surface area contributed by atoms with Crippen molar-refractivity contribution in [1.29, 1.82) is 0 Å². The van der Waals surface area contributed by atoms with Crippen LogP contribution in [0.2, 0.25) is 0 Å². The van der Waals surface area contributed by atoms with Crippen LogP contribution in [-0.4, -0.2) is 21.8 Å². The molecule has 3 rings (SSSR count). The molecule has 2 aromatic rings. The summed E-state index contributed by atoms with van der Waals surface area (Å²) in [6.45, 7) is 0. The zero-order valence-electron chi connectivity index (χ0n) is 12.5. The first-order valence-electron chi connectivity index (χ1n) is 6.97. The van der Waals surface area contributed by atoms with Gasteiger partial charge < -0.3 is 5.11 Å². The van der Waals surface area contributed by atoms with Crippen LogP contribution in [0.5, 0.6) is 5.75 Å². The number of nitro benzene ring substituents is 1. The minimum Gasteiger partial charge on any atom is -0.502 e. The van der Waals surface area contributed by atoms with Crippen LogP contribution < -0.4 is 10.4 Å². The highest BCUT2D eigenvalue weighted by atomic mass is 127. The quantitative estimate of drug-likeness (QED) is 0.245. The Morgan fingerprint density at radius 1 is 1.16 bits per heavy atom. The van der Waals surface area contributed by atoms with E-state index in [0.29, 0.717) is 5.69 Å². The van der Waals surface area contributed by atoms with Gasteiger partial charge in [-0.2, -0.15) is 0 Å². The molecule has 2 amide bonds. The van der Waals surface area contributed by atoms with Crippen LogP contribution in [0, 0.1) is 13.7 Å². The van der Waals surface area contributed by atoms with E-state index in [0.717, 1.165) is 20.7 Å². The van der Waals surface area contributed by atoms with Gasteiger partial charge in [-0.3, -0.25) is 25.1 Å². The molecule has 2 N–H and O–H groups in total. The van der Waals surface area contributed by atoms with Crippen molar-refractivity contribution in [1.82, 2.24) is 5.43 Å². The number of carbonyl (C=O) groups excluding carboxylic acids is 2. The number of hydrazine groups is 1. The first kappa shape index (κ1) is 16.9. The van der Waals surface area contributed by atoms with Crippen molar-refractivity contribution in [2.75, 3.05) is 5.01 Å². The Morgan fingerprint density at radius 3 is 2.48 bits per heavy atom. The molecule has 8 nitrogen and oxygen atoms in total. The van der Waals surface area contributed by atoms with Gasteiger partial charge in [-0.05, 0) is 64.6 Å². The number of phenolic OH excluding ortho intramolecular Hbond substituents is 1. The Morgan fingerprint density at radius 2 is 1.84 bits per heavy atom. The molecule has 2 aromatic carbocycles. The van der Waals surface area contributed by atoms with Gasteiger partial charge in [-0.1, -0.05) is 6.07 Å². The first-order chi connectivity index (χ1) is 11.9. The van der Waals surface area contributed by atoms with E-state index in [1.807, 2.05) is 0 Å². The van der Waals surface area contributed by atoms with Gasteiger partial charge in [0.15, 0.2) is 5.75 Å². The fourth-order valence-electron chi connectivity index (χ4n) is 2.27. The monoisotopic (exact) mass is 451 g/mol. The number of nitro groups is 1. The van der Waals surface area contributed by atoms with Crippen molar-refractivity contribution in [2.45, 2.75) is 0 Å². The second kappa shape index (κ2) is 6.51. The Bertz CT molecular complexity index is 924. The lowest BCUT2D eigenvalue weighted by atomic mass is 10.1. The molecule has 126 valence electrons. The highest BCUT2D eigenvalue weighted by molar-refractivity contribution is 14.1. The van der Waals surface area contributed by atoms with Crippen molar-refractivity contribution in [2.24, 2.45) is 0 Å². The molecule has 1 aliphatic heterocycles. The Balaban J connectivity index is 1.95. The number of halogens is 1. The normalized spacial score (nSPS) is 15.6. The van der Waals surface area contributed by atoms with Crippen molar-refractivity contribution < 1.29 is 19.6 Å². The number of aromatic hydroxyl groups is 1. The number of rotatable bonds is 3. The summed E-state index contributed by atoms with van der Waals surface area (Å²) in [6, 6.07) is 10.6. The van der Waals surface area contributed by atoms with E-state index in [1.54, 1.807) is 24.3 Å². The van der Waals surface area contributed by atoms with Crippen molar-refractivity contribution in [3.05, 3.63) is 67.3 Å². The van der Waals surface area contributed by atoms with Crippen molar-refractivity contribution >= 4 is 51.9 Å². The summed E-state index contributed by atoms with van der Waals surface area (Å²) < 4.78 is 0.978. The Labute approximate surface area is 155 Å². The predicted octanol–water partition coefficient (Wildman–Crippen LogP) is 2.37. The van der Waals surface area contributed by atoms with E-state index in [1.165, 1.54) is 12.1 Å². The van der Waals surface area contributed by atoms with Crippen molar-refractivity contribution in [3.63, 3.8) is 0 Å². The maximum atomic E-state index is 12.5. The predicted molar refractivity (Wildman–Crippen MR) is 97.5 cm³/mol. The van der Waals surface area contributed by atoms with Gasteiger partial charge in [-0.25, -0.2) is 5.01 Å². The summed E-state index contributed by atoms with van der Waals surface area (Å²) in [4.78, 5) is 34.7. The highest BCUT2D eigenvalue weighted by Crippen LogP contribution is 2.28. The third-order valence-electron chi connectivity index (χ3n) is 3.48. The standard InChI is InChI=1S/C16H10IN3O5/c17-10-2-4-11(5-3-10)19-16(23)12(15(22)18-19)7-9-1-6-14(21)13(8-9)20(24)25/h1-8,21H,(H,18,22). The lowest BCUT2D eigenvalue weighted by Gasteiger charge is -2.14. The largest absolute Gasteiger partial charge is 0.502 e. The average Bonchev–Trinajstić information content (AvgIpc) is 2.85. The molecule has 9 heteroatoms. The van der Waals surface area contributed by atoms with Crippen molar-refractivity contribution in [3.8, 4) is 5.75 Å². The molecule has 1 saturated heterocycles. The summed E-state index contributed by atoms with van der Waals surface area (Å²) in [5.41, 5.74) is 2.55.